The van der Waals surface area contributed by atoms with E-state index < -0.39 is 5.41 Å². The average Bonchev–Trinajstić information content (AvgIpc) is 2.99. The first-order valence-corrected chi connectivity index (χ1v) is 8.37. The highest BCUT2D eigenvalue weighted by atomic mass is 16.5. The zero-order valence-electron chi connectivity index (χ0n) is 14.0. The molecule has 1 aromatic rings. The highest BCUT2D eigenvalue weighted by Crippen LogP contribution is 2.55. The molecule has 1 aromatic carbocycles. The Bertz CT molecular complexity index is 844. The van der Waals surface area contributed by atoms with Gasteiger partial charge in [-0.25, -0.2) is 0 Å². The number of rotatable bonds is 4. The Morgan fingerprint density at radius 3 is 2.80 bits per heavy atom. The summed E-state index contributed by atoms with van der Waals surface area (Å²) in [5.41, 5.74) is 2.45. The molecule has 0 aromatic heterocycles. The third-order valence-corrected chi connectivity index (χ3v) is 5.35. The molecule has 4 heteroatoms. The first-order chi connectivity index (χ1) is 12.2. The topological polar surface area (TPSA) is 46.6 Å². The maximum atomic E-state index is 12.8. The number of hydrogen-bond acceptors (Lipinski definition) is 3. The van der Waals surface area contributed by atoms with Crippen LogP contribution in [0.2, 0.25) is 0 Å². The minimum Gasteiger partial charge on any atom is -0.497 e. The number of amides is 1. The SMILES string of the molecule is COc1ccc(CC2C(=O)CC=C3N(C=O)C=C4C=CC=CC432)cc1. The molecule has 0 saturated heterocycles. The summed E-state index contributed by atoms with van der Waals surface area (Å²) in [6.45, 7) is 0. The van der Waals surface area contributed by atoms with Crippen molar-refractivity contribution < 1.29 is 14.3 Å². The van der Waals surface area contributed by atoms with Crippen molar-refractivity contribution in [3.8, 4) is 5.75 Å². The zero-order valence-corrected chi connectivity index (χ0v) is 14.0. The van der Waals surface area contributed by atoms with E-state index in [-0.39, 0.29) is 11.7 Å². The number of ether oxygens (including phenoxy) is 1. The van der Waals surface area contributed by atoms with Gasteiger partial charge in [0.15, 0.2) is 0 Å². The molecule has 4 rings (SSSR count). The number of carbonyl (C=O) groups excluding carboxylic acids is 2. The number of Topliss-reactive ketones (excluding diaryl/α,β-unsaturated/α-hetero) is 1. The van der Waals surface area contributed by atoms with Crippen LogP contribution in [-0.4, -0.2) is 24.2 Å². The molecule has 2 aliphatic carbocycles. The van der Waals surface area contributed by atoms with Crippen LogP contribution in [-0.2, 0) is 16.0 Å². The molecule has 4 nitrogen and oxygen atoms in total. The van der Waals surface area contributed by atoms with Gasteiger partial charge in [-0.2, -0.15) is 0 Å². The van der Waals surface area contributed by atoms with Crippen LogP contribution < -0.4 is 4.74 Å². The lowest BCUT2D eigenvalue weighted by molar-refractivity contribution is -0.125. The van der Waals surface area contributed by atoms with E-state index in [9.17, 15) is 9.59 Å². The molecule has 1 spiro atoms. The van der Waals surface area contributed by atoms with Crippen molar-refractivity contribution in [1.82, 2.24) is 4.90 Å². The van der Waals surface area contributed by atoms with Gasteiger partial charge in [0.05, 0.1) is 12.5 Å². The maximum Gasteiger partial charge on any atom is 0.217 e. The number of ketones is 1. The van der Waals surface area contributed by atoms with Crippen LogP contribution in [0.25, 0.3) is 0 Å². The summed E-state index contributed by atoms with van der Waals surface area (Å²) in [6, 6.07) is 7.82. The molecule has 0 fully saturated rings. The van der Waals surface area contributed by atoms with Gasteiger partial charge in [-0.15, -0.1) is 0 Å². The second kappa shape index (κ2) is 5.88. The Balaban J connectivity index is 1.76. The van der Waals surface area contributed by atoms with Crippen LogP contribution in [0, 0.1) is 11.3 Å². The molecule has 126 valence electrons. The summed E-state index contributed by atoms with van der Waals surface area (Å²) in [4.78, 5) is 26.0. The molecule has 0 radical (unpaired) electrons. The Morgan fingerprint density at radius 1 is 1.28 bits per heavy atom. The Hall–Kier alpha value is -2.88. The fourth-order valence-corrected chi connectivity index (χ4v) is 4.14. The number of allylic oxidation sites excluding steroid dienone is 5. The fraction of sp³-hybridized carbons (Fsp3) is 0.238. The molecule has 1 amide bonds. The molecule has 1 heterocycles. The Kier molecular flexibility index (Phi) is 3.68. The lowest BCUT2D eigenvalue weighted by atomic mass is 9.61. The van der Waals surface area contributed by atoms with Crippen molar-refractivity contribution in [2.75, 3.05) is 7.11 Å². The van der Waals surface area contributed by atoms with Gasteiger partial charge < -0.3 is 4.74 Å². The van der Waals surface area contributed by atoms with E-state index in [2.05, 4.69) is 6.08 Å². The van der Waals surface area contributed by atoms with E-state index in [1.54, 1.807) is 12.0 Å². The monoisotopic (exact) mass is 333 g/mol. The largest absolute Gasteiger partial charge is 0.497 e. The maximum absolute atomic E-state index is 12.8. The molecule has 3 aliphatic rings. The molecular weight excluding hydrogens is 314 g/mol. The van der Waals surface area contributed by atoms with E-state index in [0.717, 1.165) is 29.0 Å². The van der Waals surface area contributed by atoms with E-state index in [0.29, 0.717) is 12.8 Å². The van der Waals surface area contributed by atoms with Crippen LogP contribution >= 0.6 is 0 Å². The van der Waals surface area contributed by atoms with Gasteiger partial charge in [0.25, 0.3) is 0 Å². The Morgan fingerprint density at radius 2 is 2.08 bits per heavy atom. The van der Waals surface area contributed by atoms with Crippen molar-refractivity contribution in [2.24, 2.45) is 11.3 Å². The van der Waals surface area contributed by atoms with Crippen LogP contribution in [0.1, 0.15) is 12.0 Å². The van der Waals surface area contributed by atoms with E-state index in [4.69, 9.17) is 4.74 Å². The first kappa shape index (κ1) is 15.6. The number of benzene rings is 1. The fourth-order valence-electron chi connectivity index (χ4n) is 4.14. The third-order valence-electron chi connectivity index (χ3n) is 5.35. The lowest BCUT2D eigenvalue weighted by Gasteiger charge is -2.41. The molecule has 0 N–H and O–H groups in total. The number of methoxy groups -OCH3 is 1. The van der Waals surface area contributed by atoms with Crippen LogP contribution in [0.4, 0.5) is 0 Å². The van der Waals surface area contributed by atoms with Gasteiger partial charge in [0, 0.05) is 24.2 Å². The summed E-state index contributed by atoms with van der Waals surface area (Å²) in [6.07, 6.45) is 13.5. The highest BCUT2D eigenvalue weighted by Gasteiger charge is 2.53. The highest BCUT2D eigenvalue weighted by molar-refractivity contribution is 5.88. The minimum atomic E-state index is -0.537. The molecule has 1 aliphatic heterocycles. The number of hydrogen-bond donors (Lipinski definition) is 0. The molecule has 2 atom stereocenters. The number of carbonyl (C=O) groups is 2. The van der Waals surface area contributed by atoms with Gasteiger partial charge in [-0.05, 0) is 29.7 Å². The molecule has 0 saturated carbocycles. The summed E-state index contributed by atoms with van der Waals surface area (Å²) >= 11 is 0. The van der Waals surface area contributed by atoms with Gasteiger partial charge in [0.2, 0.25) is 6.41 Å². The predicted octanol–water partition coefficient (Wildman–Crippen LogP) is 3.18. The van der Waals surface area contributed by atoms with E-state index in [1.165, 1.54) is 0 Å². The standard InChI is InChI=1S/C21H19NO3/c1-25-17-7-5-15(6-8-17)12-18-19(24)9-10-20-21(18)11-3-2-4-16(21)13-22(20)14-23/h2-8,10-11,13-14,18H,9,12H2,1H3. The van der Waals surface area contributed by atoms with E-state index in [1.807, 2.05) is 54.8 Å². The second-order valence-corrected chi connectivity index (χ2v) is 6.55. The third kappa shape index (κ3) is 2.29. The summed E-state index contributed by atoms with van der Waals surface area (Å²) in [5, 5.41) is 0. The minimum absolute atomic E-state index is 0.207. The van der Waals surface area contributed by atoms with Crippen LogP contribution in [0.3, 0.4) is 0 Å². The van der Waals surface area contributed by atoms with Crippen molar-refractivity contribution in [1.29, 1.82) is 0 Å². The van der Waals surface area contributed by atoms with Gasteiger partial charge >= 0.3 is 0 Å². The molecular formula is C21H19NO3. The van der Waals surface area contributed by atoms with Gasteiger partial charge in [-0.1, -0.05) is 42.5 Å². The van der Waals surface area contributed by atoms with Crippen LogP contribution in [0.5, 0.6) is 5.75 Å². The van der Waals surface area contributed by atoms with Crippen LogP contribution in [0.15, 0.2) is 72.1 Å². The molecule has 2 unspecified atom stereocenters. The summed E-state index contributed by atoms with van der Waals surface area (Å²) < 4.78 is 5.21. The van der Waals surface area contributed by atoms with Crippen molar-refractivity contribution >= 4 is 12.2 Å². The normalized spacial score (nSPS) is 26.7. The van der Waals surface area contributed by atoms with Crippen molar-refractivity contribution in [2.45, 2.75) is 12.8 Å². The van der Waals surface area contributed by atoms with Crippen molar-refractivity contribution in [3.05, 3.63) is 77.7 Å². The average molecular weight is 333 g/mol. The Labute approximate surface area is 146 Å². The smallest absolute Gasteiger partial charge is 0.217 e. The summed E-state index contributed by atoms with van der Waals surface area (Å²) in [7, 11) is 1.64. The predicted molar refractivity (Wildman–Crippen MR) is 94.6 cm³/mol. The number of nitrogens with zero attached hydrogens (tertiary/aromatic N) is 1. The van der Waals surface area contributed by atoms with Crippen molar-refractivity contribution in [3.63, 3.8) is 0 Å². The first-order valence-electron chi connectivity index (χ1n) is 8.37. The second-order valence-electron chi connectivity index (χ2n) is 6.55. The zero-order chi connectivity index (χ0) is 17.4. The quantitative estimate of drug-likeness (QED) is 0.795. The lowest BCUT2D eigenvalue weighted by Crippen LogP contribution is -2.42. The molecule has 0 bridgehead atoms. The van der Waals surface area contributed by atoms with E-state index >= 15 is 0 Å². The molecule has 25 heavy (non-hydrogen) atoms. The van der Waals surface area contributed by atoms with Gasteiger partial charge in [-0.3, -0.25) is 14.5 Å². The summed E-state index contributed by atoms with van der Waals surface area (Å²) in [5.74, 6) is 0.781. The van der Waals surface area contributed by atoms with Gasteiger partial charge in [0.1, 0.15) is 11.5 Å².